The quantitative estimate of drug-likeness (QED) is 0.574. The van der Waals surface area contributed by atoms with Crippen LogP contribution in [0.25, 0.3) is 0 Å². The second kappa shape index (κ2) is 3.82. The summed E-state index contributed by atoms with van der Waals surface area (Å²) in [7, 11) is 2.81. The van der Waals surface area contributed by atoms with Gasteiger partial charge in [0, 0.05) is 0 Å². The highest BCUT2D eigenvalue weighted by Gasteiger charge is 2.50. The minimum absolute atomic E-state index is 0.598. The number of hydrogen-bond acceptors (Lipinski definition) is 0. The fourth-order valence-electron chi connectivity index (χ4n) is 4.09. The third-order valence-corrected chi connectivity index (χ3v) is 5.44. The molecule has 0 atom stereocenters. The minimum atomic E-state index is 0.598. The molecule has 0 aliphatic carbocycles. The smallest absolute Gasteiger partial charge is 0.0629 e. The zero-order valence-corrected chi connectivity index (χ0v) is 11.0. The molecule has 0 N–H and O–H groups in total. The summed E-state index contributed by atoms with van der Waals surface area (Å²) in [5, 5.41) is 1.20. The van der Waals surface area contributed by atoms with Gasteiger partial charge in [0.05, 0.1) is 0 Å². The van der Waals surface area contributed by atoms with Crippen molar-refractivity contribution in [2.75, 3.05) is 0 Å². The summed E-state index contributed by atoms with van der Waals surface area (Å²) < 4.78 is 0. The standard InChI is InChI=1S/C14H26B/c1-11(2)13-7-5-9-14(15-13,12(3)4)10-6-8-13/h11-12H,5-10H2,1-4H3. The number of hydrogen-bond donors (Lipinski definition) is 0. The number of rotatable bonds is 2. The van der Waals surface area contributed by atoms with Crippen molar-refractivity contribution in [3.8, 4) is 0 Å². The minimum Gasteiger partial charge on any atom is -0.0629 e. The summed E-state index contributed by atoms with van der Waals surface area (Å²) in [6.07, 6.45) is 8.76. The first-order valence-corrected chi connectivity index (χ1v) is 6.88. The molecule has 2 bridgehead atoms. The van der Waals surface area contributed by atoms with Gasteiger partial charge in [0.1, 0.15) is 7.28 Å². The van der Waals surface area contributed by atoms with Crippen molar-refractivity contribution < 1.29 is 0 Å². The Morgan fingerprint density at radius 3 is 1.33 bits per heavy atom. The highest BCUT2D eigenvalue weighted by atomic mass is 14.4. The topological polar surface area (TPSA) is 0 Å². The first kappa shape index (κ1) is 11.5. The number of fused-ring (bicyclic) bond motifs is 2. The Kier molecular flexibility index (Phi) is 2.94. The van der Waals surface area contributed by atoms with Crippen LogP contribution in [0.15, 0.2) is 0 Å². The van der Waals surface area contributed by atoms with Crippen LogP contribution in [-0.2, 0) is 0 Å². The van der Waals surface area contributed by atoms with Crippen LogP contribution in [0.2, 0.25) is 10.6 Å². The van der Waals surface area contributed by atoms with E-state index in [0.717, 1.165) is 11.8 Å². The maximum absolute atomic E-state index is 2.81. The molecule has 0 aromatic heterocycles. The Balaban J connectivity index is 2.24. The monoisotopic (exact) mass is 205 g/mol. The molecule has 0 amide bonds. The summed E-state index contributed by atoms with van der Waals surface area (Å²) in [6.45, 7) is 9.72. The van der Waals surface area contributed by atoms with Gasteiger partial charge >= 0.3 is 0 Å². The Hall–Kier alpha value is 0.0649. The van der Waals surface area contributed by atoms with Gasteiger partial charge in [-0.2, -0.15) is 0 Å². The van der Waals surface area contributed by atoms with E-state index in [0.29, 0.717) is 10.6 Å². The first-order chi connectivity index (χ1) is 7.01. The van der Waals surface area contributed by atoms with Crippen molar-refractivity contribution in [1.29, 1.82) is 0 Å². The average Bonchev–Trinajstić information content (AvgIpc) is 2.17. The molecule has 0 nitrogen and oxygen atoms in total. The molecule has 0 spiro atoms. The van der Waals surface area contributed by atoms with E-state index in [2.05, 4.69) is 35.0 Å². The molecule has 1 radical (unpaired) electrons. The molecule has 1 heteroatoms. The third-order valence-electron chi connectivity index (χ3n) is 5.44. The molecule has 0 saturated carbocycles. The lowest BCUT2D eigenvalue weighted by atomic mass is 9.25. The van der Waals surface area contributed by atoms with Crippen LogP contribution in [0, 0.1) is 11.8 Å². The predicted molar refractivity (Wildman–Crippen MR) is 68.5 cm³/mol. The van der Waals surface area contributed by atoms with Crippen molar-refractivity contribution in [3.05, 3.63) is 0 Å². The molecule has 15 heavy (non-hydrogen) atoms. The Bertz CT molecular complexity index is 197. The summed E-state index contributed by atoms with van der Waals surface area (Å²) in [4.78, 5) is 0. The lowest BCUT2D eigenvalue weighted by molar-refractivity contribution is 0.203. The van der Waals surface area contributed by atoms with Crippen LogP contribution in [0.5, 0.6) is 0 Å². The molecule has 2 fully saturated rings. The lowest BCUT2D eigenvalue weighted by Crippen LogP contribution is -2.45. The van der Waals surface area contributed by atoms with Crippen molar-refractivity contribution in [2.24, 2.45) is 11.8 Å². The van der Waals surface area contributed by atoms with Gasteiger partial charge in [-0.05, 0) is 11.8 Å². The van der Waals surface area contributed by atoms with Crippen molar-refractivity contribution in [1.82, 2.24) is 0 Å². The molecule has 2 rings (SSSR count). The highest BCUT2D eigenvalue weighted by molar-refractivity contribution is 6.45. The molecule has 2 aliphatic heterocycles. The fraction of sp³-hybridized carbons (Fsp3) is 1.00. The average molecular weight is 205 g/mol. The molecule has 2 saturated heterocycles. The predicted octanol–water partition coefficient (Wildman–Crippen LogP) is 4.69. The SMILES string of the molecule is CC(C)C12[B]C(C(C)C)(CCC1)CCC2. The second-order valence-corrected chi connectivity index (χ2v) is 6.63. The summed E-state index contributed by atoms with van der Waals surface area (Å²) in [5.74, 6) is 1.69. The summed E-state index contributed by atoms with van der Waals surface area (Å²) >= 11 is 0. The first-order valence-electron chi connectivity index (χ1n) is 6.88. The third kappa shape index (κ3) is 1.76. The molecule has 85 valence electrons. The van der Waals surface area contributed by atoms with Gasteiger partial charge < -0.3 is 0 Å². The molecule has 0 aromatic carbocycles. The van der Waals surface area contributed by atoms with Crippen LogP contribution in [-0.4, -0.2) is 7.28 Å². The summed E-state index contributed by atoms with van der Waals surface area (Å²) in [5.41, 5.74) is 0. The van der Waals surface area contributed by atoms with E-state index in [1.54, 1.807) is 0 Å². The van der Waals surface area contributed by atoms with E-state index < -0.39 is 0 Å². The van der Waals surface area contributed by atoms with Gasteiger partial charge in [0.2, 0.25) is 0 Å². The van der Waals surface area contributed by atoms with Crippen LogP contribution in [0.3, 0.4) is 0 Å². The van der Waals surface area contributed by atoms with Crippen molar-refractivity contribution in [3.63, 3.8) is 0 Å². The van der Waals surface area contributed by atoms with Gasteiger partial charge in [-0.15, -0.1) is 0 Å². The zero-order chi connectivity index (χ0) is 11.1. The largest absolute Gasteiger partial charge is 0.127 e. The molecule has 2 heterocycles. The van der Waals surface area contributed by atoms with E-state index >= 15 is 0 Å². The molecule has 0 aromatic rings. The van der Waals surface area contributed by atoms with Gasteiger partial charge in [0.15, 0.2) is 0 Å². The second-order valence-electron chi connectivity index (χ2n) is 6.63. The van der Waals surface area contributed by atoms with Gasteiger partial charge in [-0.3, -0.25) is 0 Å². The highest BCUT2D eigenvalue weighted by Crippen LogP contribution is 2.63. The van der Waals surface area contributed by atoms with Crippen LogP contribution in [0.4, 0.5) is 0 Å². The molecule has 0 unspecified atom stereocenters. The van der Waals surface area contributed by atoms with E-state index in [9.17, 15) is 0 Å². The Morgan fingerprint density at radius 2 is 1.07 bits per heavy atom. The maximum atomic E-state index is 2.81. The van der Waals surface area contributed by atoms with Gasteiger partial charge in [-0.1, -0.05) is 76.8 Å². The van der Waals surface area contributed by atoms with Gasteiger partial charge in [-0.25, -0.2) is 0 Å². The molecular weight excluding hydrogens is 179 g/mol. The molecule has 2 aliphatic rings. The van der Waals surface area contributed by atoms with Crippen molar-refractivity contribution in [2.45, 2.75) is 76.8 Å². The zero-order valence-electron chi connectivity index (χ0n) is 11.0. The van der Waals surface area contributed by atoms with Crippen LogP contribution < -0.4 is 0 Å². The molecular formula is C14H26B. The maximum Gasteiger partial charge on any atom is 0.127 e. The normalized spacial score (nSPS) is 40.7. The van der Waals surface area contributed by atoms with Crippen molar-refractivity contribution >= 4 is 7.28 Å². The van der Waals surface area contributed by atoms with E-state index in [1.807, 2.05) is 0 Å². The Labute approximate surface area is 96.5 Å². The van der Waals surface area contributed by atoms with Crippen LogP contribution >= 0.6 is 0 Å². The van der Waals surface area contributed by atoms with E-state index in [-0.39, 0.29) is 0 Å². The summed E-state index contributed by atoms with van der Waals surface area (Å²) in [6, 6.07) is 0. The van der Waals surface area contributed by atoms with Gasteiger partial charge in [0.25, 0.3) is 0 Å². The van der Waals surface area contributed by atoms with E-state index in [1.165, 1.54) is 38.5 Å². The lowest BCUT2D eigenvalue weighted by Gasteiger charge is -2.56. The van der Waals surface area contributed by atoms with E-state index in [4.69, 9.17) is 0 Å². The fourth-order valence-corrected chi connectivity index (χ4v) is 4.09. The van der Waals surface area contributed by atoms with Crippen LogP contribution in [0.1, 0.15) is 66.2 Å². The Morgan fingerprint density at radius 1 is 0.733 bits per heavy atom.